The molecule has 1 aromatic heterocycles. The molecule has 2 aliphatic rings. The van der Waals surface area contributed by atoms with Gasteiger partial charge in [0.15, 0.2) is 6.61 Å². The van der Waals surface area contributed by atoms with Gasteiger partial charge in [-0.15, -0.1) is 11.3 Å². The van der Waals surface area contributed by atoms with E-state index in [0.717, 1.165) is 36.8 Å². The van der Waals surface area contributed by atoms with Gasteiger partial charge in [-0.1, -0.05) is 39.0 Å². The highest BCUT2D eigenvalue weighted by molar-refractivity contribution is 7.17. The van der Waals surface area contributed by atoms with Gasteiger partial charge in [0.05, 0.1) is 18.8 Å². The SMILES string of the molecule is CC(C)(C)c1ccccc1OCC(=O)Nc1sc2c(c1C(=O)N1CCOCC1)CCCC2. The lowest BCUT2D eigenvalue weighted by Crippen LogP contribution is -2.41. The van der Waals surface area contributed by atoms with Gasteiger partial charge in [-0.25, -0.2) is 0 Å². The number of carbonyl (C=O) groups excluding carboxylic acids is 2. The van der Waals surface area contributed by atoms with Gasteiger partial charge >= 0.3 is 0 Å². The Labute approximate surface area is 193 Å². The maximum atomic E-state index is 13.4. The van der Waals surface area contributed by atoms with Crippen LogP contribution in [0.25, 0.3) is 0 Å². The number of hydrogen-bond donors (Lipinski definition) is 1. The van der Waals surface area contributed by atoms with E-state index in [4.69, 9.17) is 9.47 Å². The zero-order valence-corrected chi connectivity index (χ0v) is 20.0. The first-order valence-electron chi connectivity index (χ1n) is 11.4. The van der Waals surface area contributed by atoms with Gasteiger partial charge in [0.25, 0.3) is 11.8 Å². The second-order valence-corrected chi connectivity index (χ2v) is 10.5. The Morgan fingerprint density at radius 2 is 1.84 bits per heavy atom. The summed E-state index contributed by atoms with van der Waals surface area (Å²) < 4.78 is 11.3. The van der Waals surface area contributed by atoms with Crippen molar-refractivity contribution in [3.05, 3.63) is 45.8 Å². The molecule has 0 bridgehead atoms. The molecule has 0 atom stereocenters. The smallest absolute Gasteiger partial charge is 0.262 e. The Morgan fingerprint density at radius 3 is 2.59 bits per heavy atom. The van der Waals surface area contributed by atoms with Crippen molar-refractivity contribution in [2.24, 2.45) is 0 Å². The Morgan fingerprint density at radius 1 is 1.12 bits per heavy atom. The number of nitrogens with one attached hydrogen (secondary N) is 1. The number of morpholine rings is 1. The average molecular weight is 457 g/mol. The number of anilines is 1. The molecule has 1 fully saturated rings. The summed E-state index contributed by atoms with van der Waals surface area (Å²) in [5, 5.41) is 3.65. The monoisotopic (exact) mass is 456 g/mol. The number of benzene rings is 1. The molecule has 1 saturated heterocycles. The van der Waals surface area contributed by atoms with Gasteiger partial charge in [0, 0.05) is 18.0 Å². The first-order chi connectivity index (χ1) is 15.3. The van der Waals surface area contributed by atoms with Gasteiger partial charge < -0.3 is 19.7 Å². The normalized spacial score (nSPS) is 16.4. The van der Waals surface area contributed by atoms with Gasteiger partial charge in [-0.05, 0) is 48.3 Å². The first-order valence-corrected chi connectivity index (χ1v) is 12.2. The lowest BCUT2D eigenvalue weighted by atomic mass is 9.86. The van der Waals surface area contributed by atoms with Gasteiger partial charge in [-0.2, -0.15) is 0 Å². The molecule has 7 heteroatoms. The molecule has 1 aromatic carbocycles. The van der Waals surface area contributed by atoms with Crippen LogP contribution in [0.3, 0.4) is 0 Å². The van der Waals surface area contributed by atoms with Crippen LogP contribution in [0.2, 0.25) is 0 Å². The van der Waals surface area contributed by atoms with E-state index in [0.29, 0.717) is 42.6 Å². The molecule has 1 aliphatic carbocycles. The third kappa shape index (κ3) is 4.99. The molecule has 2 aromatic rings. The summed E-state index contributed by atoms with van der Waals surface area (Å²) in [6.45, 7) is 8.55. The molecular formula is C25H32N2O4S. The fourth-order valence-corrected chi connectivity index (χ4v) is 5.62. The predicted molar refractivity (Wildman–Crippen MR) is 127 cm³/mol. The Balaban J connectivity index is 1.51. The number of fused-ring (bicyclic) bond motifs is 1. The van der Waals surface area contributed by atoms with Crippen LogP contribution in [0, 0.1) is 0 Å². The highest BCUT2D eigenvalue weighted by atomic mass is 32.1. The third-order valence-electron chi connectivity index (χ3n) is 5.99. The van der Waals surface area contributed by atoms with Crippen molar-refractivity contribution >= 4 is 28.2 Å². The standard InChI is InChI=1S/C25H32N2O4S/c1-25(2,3)18-9-5-6-10-19(18)31-16-21(28)26-23-22(17-8-4-7-11-20(17)32-23)24(29)27-12-14-30-15-13-27/h5-6,9-10H,4,7-8,11-16H2,1-3H3,(H,26,28). The van der Waals surface area contributed by atoms with Crippen LogP contribution in [-0.2, 0) is 27.8 Å². The van der Waals surface area contributed by atoms with E-state index < -0.39 is 0 Å². The fourth-order valence-electron chi connectivity index (χ4n) is 4.32. The second kappa shape index (κ2) is 9.63. The summed E-state index contributed by atoms with van der Waals surface area (Å²) in [6, 6.07) is 7.81. The van der Waals surface area contributed by atoms with Gasteiger partial charge in [0.1, 0.15) is 10.8 Å². The zero-order chi connectivity index (χ0) is 22.7. The van der Waals surface area contributed by atoms with Crippen LogP contribution >= 0.6 is 11.3 Å². The molecule has 172 valence electrons. The number of amides is 2. The minimum atomic E-state index is -0.247. The molecular weight excluding hydrogens is 424 g/mol. The quantitative estimate of drug-likeness (QED) is 0.724. The molecule has 0 spiro atoms. The van der Waals surface area contributed by atoms with Crippen LogP contribution in [0.1, 0.15) is 60.0 Å². The van der Waals surface area contributed by atoms with Crippen molar-refractivity contribution < 1.29 is 19.1 Å². The van der Waals surface area contributed by atoms with E-state index in [9.17, 15) is 9.59 Å². The van der Waals surface area contributed by atoms with E-state index >= 15 is 0 Å². The van der Waals surface area contributed by atoms with Crippen LogP contribution < -0.4 is 10.1 Å². The van der Waals surface area contributed by atoms with Crippen molar-refractivity contribution in [3.63, 3.8) is 0 Å². The molecule has 1 N–H and O–H groups in total. The number of thiophene rings is 1. The Hall–Kier alpha value is -2.38. The lowest BCUT2D eigenvalue weighted by Gasteiger charge is -2.27. The third-order valence-corrected chi connectivity index (χ3v) is 7.20. The minimum Gasteiger partial charge on any atom is -0.483 e. The highest BCUT2D eigenvalue weighted by Gasteiger charge is 2.30. The summed E-state index contributed by atoms with van der Waals surface area (Å²) in [5.74, 6) is 0.468. The van der Waals surface area contributed by atoms with Crippen molar-refractivity contribution in [3.8, 4) is 5.75 Å². The zero-order valence-electron chi connectivity index (χ0n) is 19.2. The average Bonchev–Trinajstić information content (AvgIpc) is 3.15. The van der Waals surface area contributed by atoms with Crippen LogP contribution in [0.15, 0.2) is 24.3 Å². The van der Waals surface area contributed by atoms with Crippen molar-refractivity contribution in [1.29, 1.82) is 0 Å². The molecule has 32 heavy (non-hydrogen) atoms. The number of nitrogens with zero attached hydrogens (tertiary/aromatic N) is 1. The predicted octanol–water partition coefficient (Wildman–Crippen LogP) is 4.41. The topological polar surface area (TPSA) is 67.9 Å². The summed E-state index contributed by atoms with van der Waals surface area (Å²) in [4.78, 5) is 29.3. The molecule has 4 rings (SSSR count). The molecule has 2 amide bonds. The van der Waals surface area contributed by atoms with E-state index in [2.05, 4.69) is 26.1 Å². The highest BCUT2D eigenvalue weighted by Crippen LogP contribution is 2.39. The molecule has 6 nitrogen and oxygen atoms in total. The largest absolute Gasteiger partial charge is 0.483 e. The van der Waals surface area contributed by atoms with E-state index in [1.165, 1.54) is 4.88 Å². The van der Waals surface area contributed by atoms with Gasteiger partial charge in [-0.3, -0.25) is 9.59 Å². The maximum Gasteiger partial charge on any atom is 0.262 e. The van der Waals surface area contributed by atoms with Crippen LogP contribution in [0.5, 0.6) is 5.75 Å². The Bertz CT molecular complexity index is 986. The summed E-state index contributed by atoms with van der Waals surface area (Å²) in [6.07, 6.45) is 4.06. The number of para-hydroxylation sites is 1. The van der Waals surface area contributed by atoms with Crippen molar-refractivity contribution in [2.75, 3.05) is 38.2 Å². The minimum absolute atomic E-state index is 0.00185. The molecule has 0 unspecified atom stereocenters. The second-order valence-electron chi connectivity index (χ2n) is 9.40. The number of ether oxygens (including phenoxy) is 2. The van der Waals surface area contributed by atoms with Crippen LogP contribution in [0.4, 0.5) is 5.00 Å². The van der Waals surface area contributed by atoms with E-state index in [1.807, 2.05) is 29.2 Å². The summed E-state index contributed by atoms with van der Waals surface area (Å²) in [5.41, 5.74) is 2.77. The van der Waals surface area contributed by atoms with Crippen molar-refractivity contribution in [1.82, 2.24) is 4.90 Å². The van der Waals surface area contributed by atoms with E-state index in [1.54, 1.807) is 11.3 Å². The first kappa shape index (κ1) is 22.8. The lowest BCUT2D eigenvalue weighted by molar-refractivity contribution is -0.118. The number of aryl methyl sites for hydroxylation is 1. The van der Waals surface area contributed by atoms with Gasteiger partial charge in [0.2, 0.25) is 0 Å². The summed E-state index contributed by atoms with van der Waals surface area (Å²) >= 11 is 1.55. The fraction of sp³-hybridized carbons (Fsp3) is 0.520. The number of hydrogen-bond acceptors (Lipinski definition) is 5. The number of carbonyl (C=O) groups is 2. The summed E-state index contributed by atoms with van der Waals surface area (Å²) in [7, 11) is 0. The molecule has 0 radical (unpaired) electrons. The van der Waals surface area contributed by atoms with Crippen molar-refractivity contribution in [2.45, 2.75) is 51.9 Å². The number of rotatable bonds is 5. The maximum absolute atomic E-state index is 13.4. The molecule has 0 saturated carbocycles. The van der Waals surface area contributed by atoms with E-state index in [-0.39, 0.29) is 23.8 Å². The molecule has 2 heterocycles. The Kier molecular flexibility index (Phi) is 6.86. The van der Waals surface area contributed by atoms with Crippen LogP contribution in [-0.4, -0.2) is 49.6 Å². The molecule has 1 aliphatic heterocycles.